The number of ether oxygens (including phenoxy) is 1. The minimum absolute atomic E-state index is 0. The number of nitrogens with one attached hydrogen (secondary N) is 1. The molecule has 2 atom stereocenters. The van der Waals surface area contributed by atoms with Crippen molar-refractivity contribution in [3.8, 4) is 0 Å². The van der Waals surface area contributed by atoms with Crippen LogP contribution in [0, 0.1) is 0 Å². The molecular formula is C13H19ClN2O3. The number of hydrogen-bond donors (Lipinski definition) is 2. The molecule has 1 unspecified atom stereocenters. The predicted octanol–water partition coefficient (Wildman–Crippen LogP) is 1.18. The Hall–Kier alpha value is -1.59. The maximum Gasteiger partial charge on any atom is 0.333 e. The highest BCUT2D eigenvalue weighted by molar-refractivity contribution is 5.88. The first-order valence-electron chi connectivity index (χ1n) is 5.78. The highest BCUT2D eigenvalue weighted by Crippen LogP contribution is 2.14. The van der Waals surface area contributed by atoms with E-state index in [1.54, 1.807) is 31.2 Å². The molecule has 0 spiro atoms. The Balaban J connectivity index is 0.00000324. The number of rotatable bonds is 5. The van der Waals surface area contributed by atoms with E-state index >= 15 is 0 Å². The number of methoxy groups -OCH3 is 1. The van der Waals surface area contributed by atoms with Gasteiger partial charge in [0.15, 0.2) is 6.04 Å². The van der Waals surface area contributed by atoms with E-state index in [0.717, 1.165) is 0 Å². The van der Waals surface area contributed by atoms with Gasteiger partial charge in [0.1, 0.15) is 0 Å². The first-order valence-corrected chi connectivity index (χ1v) is 5.78. The van der Waals surface area contributed by atoms with E-state index in [1.165, 1.54) is 7.11 Å². The predicted molar refractivity (Wildman–Crippen MR) is 74.9 cm³/mol. The van der Waals surface area contributed by atoms with Crippen LogP contribution >= 0.6 is 12.4 Å². The van der Waals surface area contributed by atoms with Crippen LogP contribution in [-0.2, 0) is 14.3 Å². The molecule has 19 heavy (non-hydrogen) atoms. The SMILES string of the molecule is CCC(N)C(=O)N[C@H](C(=O)OC)c1ccccc1.Cl. The molecule has 0 radical (unpaired) electrons. The maximum atomic E-state index is 11.7. The molecule has 1 aromatic carbocycles. The van der Waals surface area contributed by atoms with Gasteiger partial charge in [-0.1, -0.05) is 37.3 Å². The van der Waals surface area contributed by atoms with Gasteiger partial charge in [-0.05, 0) is 12.0 Å². The smallest absolute Gasteiger partial charge is 0.333 e. The molecule has 0 saturated carbocycles. The number of carbonyl (C=O) groups excluding carboxylic acids is 2. The van der Waals surface area contributed by atoms with Crippen molar-refractivity contribution in [1.82, 2.24) is 5.32 Å². The summed E-state index contributed by atoms with van der Waals surface area (Å²) in [5.41, 5.74) is 6.29. The summed E-state index contributed by atoms with van der Waals surface area (Å²) in [5.74, 6) is -0.880. The lowest BCUT2D eigenvalue weighted by molar-refractivity contribution is -0.145. The lowest BCUT2D eigenvalue weighted by Crippen LogP contribution is -2.44. The third-order valence-corrected chi connectivity index (χ3v) is 2.63. The van der Waals surface area contributed by atoms with E-state index in [4.69, 9.17) is 5.73 Å². The summed E-state index contributed by atoms with van der Waals surface area (Å²) >= 11 is 0. The van der Waals surface area contributed by atoms with Gasteiger partial charge in [-0.15, -0.1) is 12.4 Å². The zero-order valence-corrected chi connectivity index (χ0v) is 11.8. The summed E-state index contributed by atoms with van der Waals surface area (Å²) in [6, 6.07) is 7.46. The van der Waals surface area contributed by atoms with Crippen molar-refractivity contribution < 1.29 is 14.3 Å². The van der Waals surface area contributed by atoms with Crippen LogP contribution in [0.15, 0.2) is 30.3 Å². The summed E-state index contributed by atoms with van der Waals surface area (Å²) in [7, 11) is 1.28. The molecule has 1 aromatic rings. The Morgan fingerprint density at radius 3 is 2.37 bits per heavy atom. The fourth-order valence-corrected chi connectivity index (χ4v) is 1.48. The molecule has 0 aliphatic heterocycles. The Labute approximate surface area is 118 Å². The van der Waals surface area contributed by atoms with E-state index < -0.39 is 18.1 Å². The Kier molecular flexibility index (Phi) is 7.79. The third-order valence-electron chi connectivity index (χ3n) is 2.63. The number of nitrogens with two attached hydrogens (primary N) is 1. The van der Waals surface area contributed by atoms with Crippen LogP contribution in [0.25, 0.3) is 0 Å². The molecule has 0 saturated heterocycles. The monoisotopic (exact) mass is 286 g/mol. The fraction of sp³-hybridized carbons (Fsp3) is 0.385. The van der Waals surface area contributed by atoms with Gasteiger partial charge in [0.25, 0.3) is 0 Å². The van der Waals surface area contributed by atoms with Gasteiger partial charge >= 0.3 is 5.97 Å². The van der Waals surface area contributed by atoms with Gasteiger partial charge in [-0.2, -0.15) is 0 Å². The van der Waals surface area contributed by atoms with Crippen molar-refractivity contribution in [1.29, 1.82) is 0 Å². The lowest BCUT2D eigenvalue weighted by Gasteiger charge is -2.18. The van der Waals surface area contributed by atoms with Crippen molar-refractivity contribution >= 4 is 24.3 Å². The Bertz CT molecular complexity index is 412. The van der Waals surface area contributed by atoms with Crippen molar-refractivity contribution in [2.75, 3.05) is 7.11 Å². The zero-order chi connectivity index (χ0) is 13.5. The first kappa shape index (κ1) is 17.4. The van der Waals surface area contributed by atoms with Crippen LogP contribution in [0.4, 0.5) is 0 Å². The molecule has 5 nitrogen and oxygen atoms in total. The van der Waals surface area contributed by atoms with E-state index in [0.29, 0.717) is 12.0 Å². The van der Waals surface area contributed by atoms with E-state index in [1.807, 2.05) is 6.07 Å². The molecular weight excluding hydrogens is 268 g/mol. The van der Waals surface area contributed by atoms with E-state index in [9.17, 15) is 9.59 Å². The first-order chi connectivity index (χ1) is 8.60. The normalized spacial score (nSPS) is 12.8. The number of halogens is 1. The van der Waals surface area contributed by atoms with Gasteiger partial charge < -0.3 is 15.8 Å². The molecule has 1 rings (SSSR count). The van der Waals surface area contributed by atoms with E-state index in [-0.39, 0.29) is 18.3 Å². The van der Waals surface area contributed by atoms with Crippen molar-refractivity contribution in [3.05, 3.63) is 35.9 Å². The molecule has 0 aliphatic rings. The van der Waals surface area contributed by atoms with Crippen LogP contribution in [-0.4, -0.2) is 25.0 Å². The molecule has 0 fully saturated rings. The molecule has 0 heterocycles. The summed E-state index contributed by atoms with van der Waals surface area (Å²) < 4.78 is 4.69. The molecule has 3 N–H and O–H groups in total. The molecule has 0 aromatic heterocycles. The lowest BCUT2D eigenvalue weighted by atomic mass is 10.1. The second kappa shape index (κ2) is 8.50. The molecule has 106 valence electrons. The highest BCUT2D eigenvalue weighted by Gasteiger charge is 2.25. The summed E-state index contributed by atoms with van der Waals surface area (Å²) in [4.78, 5) is 23.4. The largest absolute Gasteiger partial charge is 0.467 e. The molecule has 6 heteroatoms. The highest BCUT2D eigenvalue weighted by atomic mass is 35.5. The quantitative estimate of drug-likeness (QED) is 0.796. The van der Waals surface area contributed by atoms with Crippen LogP contribution in [0.2, 0.25) is 0 Å². The van der Waals surface area contributed by atoms with Gasteiger partial charge in [-0.25, -0.2) is 4.79 Å². The third kappa shape index (κ3) is 4.89. The summed E-state index contributed by atoms with van der Waals surface area (Å²) in [5, 5.41) is 2.60. The van der Waals surface area contributed by atoms with Gasteiger partial charge in [0.05, 0.1) is 13.2 Å². The van der Waals surface area contributed by atoms with Crippen LogP contribution in [0.1, 0.15) is 24.9 Å². The van der Waals surface area contributed by atoms with Crippen molar-refractivity contribution in [2.24, 2.45) is 5.73 Å². The summed E-state index contributed by atoms with van der Waals surface area (Å²) in [6.45, 7) is 1.81. The molecule has 0 bridgehead atoms. The number of benzene rings is 1. The van der Waals surface area contributed by atoms with Gasteiger partial charge in [-0.3, -0.25) is 4.79 Å². The number of hydrogen-bond acceptors (Lipinski definition) is 4. The van der Waals surface area contributed by atoms with Crippen LogP contribution in [0.3, 0.4) is 0 Å². The van der Waals surface area contributed by atoms with Gasteiger partial charge in [0, 0.05) is 0 Å². The standard InChI is InChI=1S/C13H18N2O3.ClH/c1-3-10(14)12(16)15-11(13(17)18-2)9-7-5-4-6-8-9;/h4-8,10-11H,3,14H2,1-2H3,(H,15,16);1H/t10?,11-;/m0./s1. The Morgan fingerprint density at radius 2 is 1.89 bits per heavy atom. The average molecular weight is 287 g/mol. The second-order valence-electron chi connectivity index (χ2n) is 3.89. The molecule has 1 amide bonds. The number of carbonyl (C=O) groups is 2. The maximum absolute atomic E-state index is 11.7. The van der Waals surface area contributed by atoms with Crippen molar-refractivity contribution in [2.45, 2.75) is 25.4 Å². The minimum atomic E-state index is -0.818. The number of amides is 1. The topological polar surface area (TPSA) is 81.4 Å². The van der Waals surface area contributed by atoms with E-state index in [2.05, 4.69) is 10.1 Å². The van der Waals surface area contributed by atoms with Crippen molar-refractivity contribution in [3.63, 3.8) is 0 Å². The van der Waals surface area contributed by atoms with Crippen LogP contribution in [0.5, 0.6) is 0 Å². The van der Waals surface area contributed by atoms with Crippen LogP contribution < -0.4 is 11.1 Å². The Morgan fingerprint density at radius 1 is 1.32 bits per heavy atom. The second-order valence-corrected chi connectivity index (χ2v) is 3.89. The zero-order valence-electron chi connectivity index (χ0n) is 11.0. The number of esters is 1. The minimum Gasteiger partial charge on any atom is -0.467 e. The fourth-order valence-electron chi connectivity index (χ4n) is 1.48. The molecule has 0 aliphatic carbocycles. The average Bonchev–Trinajstić information content (AvgIpc) is 2.43. The summed E-state index contributed by atoms with van der Waals surface area (Å²) in [6.07, 6.45) is 0.508. The van der Waals surface area contributed by atoms with Gasteiger partial charge in [0.2, 0.25) is 5.91 Å².